The smallest absolute Gasteiger partial charge is 0.355 e. The van der Waals surface area contributed by atoms with Crippen LogP contribution >= 0.6 is 0 Å². The van der Waals surface area contributed by atoms with Crippen molar-refractivity contribution in [3.05, 3.63) is 46.8 Å². The number of ether oxygens (including phenoxy) is 1. The summed E-state index contributed by atoms with van der Waals surface area (Å²) in [4.78, 5) is 39.0. The Balaban J connectivity index is 2.00. The van der Waals surface area contributed by atoms with E-state index in [9.17, 15) is 22.8 Å². The van der Waals surface area contributed by atoms with E-state index in [1.165, 1.54) is 35.5 Å². The fourth-order valence-electron chi connectivity index (χ4n) is 3.31. The molecule has 0 aliphatic heterocycles. The third kappa shape index (κ3) is 5.39. The number of benzene rings is 1. The van der Waals surface area contributed by atoms with Crippen LogP contribution in [0.3, 0.4) is 0 Å². The van der Waals surface area contributed by atoms with E-state index in [1.807, 2.05) is 0 Å². The number of carbonyl (C=O) groups is 3. The first-order valence-electron chi connectivity index (χ1n) is 9.80. The number of hydrogen-bond donors (Lipinski definition) is 2. The largest absolute Gasteiger partial charge is 0.451 e. The number of aromatic amines is 1. The number of ketones is 1. The molecule has 0 fully saturated rings. The molecule has 0 saturated heterocycles. The lowest BCUT2D eigenvalue weighted by atomic mass is 10.1. The van der Waals surface area contributed by atoms with Crippen molar-refractivity contribution in [2.45, 2.75) is 39.5 Å². The zero-order valence-corrected chi connectivity index (χ0v) is 19.1. The quantitative estimate of drug-likeness (QED) is 0.448. The number of aromatic nitrogens is 1. The number of sulfonamides is 1. The fraction of sp³-hybridized carbons (Fsp3) is 0.381. The molecule has 0 saturated carbocycles. The van der Waals surface area contributed by atoms with Gasteiger partial charge >= 0.3 is 5.97 Å². The summed E-state index contributed by atoms with van der Waals surface area (Å²) in [7, 11) is -3.59. The van der Waals surface area contributed by atoms with Crippen LogP contribution in [0.25, 0.3) is 0 Å². The van der Waals surface area contributed by atoms with Crippen molar-refractivity contribution < 1.29 is 27.5 Å². The zero-order valence-electron chi connectivity index (χ0n) is 18.2. The topological polar surface area (TPSA) is 126 Å². The first-order chi connectivity index (χ1) is 14.5. The standard InChI is InChI=1S/C21H27N3O6S/c1-6-24(7-2)31(28,29)17-10-8-16(9-11-17)23-18(26)12-30-21(27)20-13(3)19(15(5)25)14(4)22-20/h8-11,22H,6-7,12H2,1-5H3,(H,23,26). The van der Waals surface area contributed by atoms with Crippen LogP contribution in [0.2, 0.25) is 0 Å². The SMILES string of the molecule is CCN(CC)S(=O)(=O)c1ccc(NC(=O)COC(=O)c2[nH]c(C)c(C(C)=O)c2C)cc1. The van der Waals surface area contributed by atoms with Crippen LogP contribution in [0.4, 0.5) is 5.69 Å². The number of esters is 1. The highest BCUT2D eigenvalue weighted by atomic mass is 32.2. The second kappa shape index (κ2) is 9.88. The average molecular weight is 450 g/mol. The number of anilines is 1. The summed E-state index contributed by atoms with van der Waals surface area (Å²) in [6, 6.07) is 5.74. The molecule has 1 amide bonds. The monoisotopic (exact) mass is 449 g/mol. The summed E-state index contributed by atoms with van der Waals surface area (Å²) in [5.41, 5.74) is 1.95. The molecule has 2 rings (SSSR count). The molecule has 0 aliphatic carbocycles. The maximum absolute atomic E-state index is 12.5. The number of carbonyl (C=O) groups excluding carboxylic acids is 3. The van der Waals surface area contributed by atoms with Crippen molar-refractivity contribution in [1.29, 1.82) is 0 Å². The molecule has 0 unspecified atom stereocenters. The molecule has 2 N–H and O–H groups in total. The molecule has 31 heavy (non-hydrogen) atoms. The van der Waals surface area contributed by atoms with Gasteiger partial charge in [0, 0.05) is 30.0 Å². The van der Waals surface area contributed by atoms with Gasteiger partial charge in [-0.05, 0) is 50.6 Å². The summed E-state index contributed by atoms with van der Waals surface area (Å²) in [5, 5.41) is 2.55. The van der Waals surface area contributed by atoms with Gasteiger partial charge in [0.15, 0.2) is 12.4 Å². The van der Waals surface area contributed by atoms with E-state index in [2.05, 4.69) is 10.3 Å². The number of Topliss-reactive ketones (excluding diaryl/α,β-unsaturated/α-hetero) is 1. The summed E-state index contributed by atoms with van der Waals surface area (Å²) in [5.74, 6) is -1.50. The van der Waals surface area contributed by atoms with Gasteiger partial charge in [-0.2, -0.15) is 4.31 Å². The number of amides is 1. The van der Waals surface area contributed by atoms with Crippen LogP contribution in [0.1, 0.15) is 52.9 Å². The summed E-state index contributed by atoms with van der Waals surface area (Å²) in [6.07, 6.45) is 0. The van der Waals surface area contributed by atoms with Crippen LogP contribution < -0.4 is 5.32 Å². The maximum Gasteiger partial charge on any atom is 0.355 e. The van der Waals surface area contributed by atoms with Gasteiger partial charge in [0.05, 0.1) is 4.90 Å². The number of rotatable bonds is 9. The number of nitrogens with one attached hydrogen (secondary N) is 2. The predicted molar refractivity (Wildman–Crippen MR) is 116 cm³/mol. The Morgan fingerprint density at radius 2 is 1.65 bits per heavy atom. The van der Waals surface area contributed by atoms with E-state index in [1.54, 1.807) is 27.7 Å². The highest BCUT2D eigenvalue weighted by Crippen LogP contribution is 2.20. The van der Waals surface area contributed by atoms with E-state index in [-0.39, 0.29) is 16.4 Å². The van der Waals surface area contributed by atoms with Gasteiger partial charge < -0.3 is 15.0 Å². The third-order valence-electron chi connectivity index (χ3n) is 4.81. The van der Waals surface area contributed by atoms with E-state index in [0.29, 0.717) is 35.6 Å². The Kier molecular flexibility index (Phi) is 7.75. The molecule has 10 heteroatoms. The molecule has 0 radical (unpaired) electrons. The van der Waals surface area contributed by atoms with Crippen molar-refractivity contribution >= 4 is 33.4 Å². The van der Waals surface area contributed by atoms with E-state index in [0.717, 1.165) is 0 Å². The molecule has 168 valence electrons. The number of aryl methyl sites for hydroxylation is 1. The average Bonchev–Trinajstić information content (AvgIpc) is 3.01. The van der Waals surface area contributed by atoms with Gasteiger partial charge in [0.2, 0.25) is 10.0 Å². The molecule has 0 bridgehead atoms. The lowest BCUT2D eigenvalue weighted by Crippen LogP contribution is -2.30. The second-order valence-corrected chi connectivity index (χ2v) is 8.86. The molecular formula is C21H27N3O6S. The lowest BCUT2D eigenvalue weighted by Gasteiger charge is -2.18. The van der Waals surface area contributed by atoms with Gasteiger partial charge in [-0.3, -0.25) is 9.59 Å². The molecule has 1 aromatic heterocycles. The van der Waals surface area contributed by atoms with Crippen LogP contribution in [0.15, 0.2) is 29.2 Å². The fourth-order valence-corrected chi connectivity index (χ4v) is 4.76. The van der Waals surface area contributed by atoms with Gasteiger partial charge in [-0.15, -0.1) is 0 Å². The summed E-state index contributed by atoms with van der Waals surface area (Å²) >= 11 is 0. The molecule has 1 heterocycles. The highest BCUT2D eigenvalue weighted by Gasteiger charge is 2.22. The van der Waals surface area contributed by atoms with Crippen molar-refractivity contribution in [2.24, 2.45) is 0 Å². The van der Waals surface area contributed by atoms with Crippen molar-refractivity contribution in [3.63, 3.8) is 0 Å². The van der Waals surface area contributed by atoms with Gasteiger partial charge in [-0.1, -0.05) is 13.8 Å². The minimum atomic E-state index is -3.59. The second-order valence-electron chi connectivity index (χ2n) is 6.92. The van der Waals surface area contributed by atoms with Crippen LogP contribution in [-0.2, 0) is 19.6 Å². The Bertz CT molecular complexity index is 1080. The molecule has 2 aromatic rings. The number of H-pyrrole nitrogens is 1. The summed E-state index contributed by atoms with van der Waals surface area (Å²) in [6.45, 7) is 8.41. The first-order valence-corrected chi connectivity index (χ1v) is 11.2. The molecule has 0 atom stereocenters. The zero-order chi connectivity index (χ0) is 23.3. The van der Waals surface area contributed by atoms with Gasteiger partial charge in [-0.25, -0.2) is 13.2 Å². The minimum absolute atomic E-state index is 0.125. The summed E-state index contributed by atoms with van der Waals surface area (Å²) < 4.78 is 31.4. The third-order valence-corrected chi connectivity index (χ3v) is 6.87. The molecule has 9 nitrogen and oxygen atoms in total. The van der Waals surface area contributed by atoms with Crippen molar-refractivity contribution in [3.8, 4) is 0 Å². The minimum Gasteiger partial charge on any atom is -0.451 e. The molecule has 0 aliphatic rings. The molecule has 1 aromatic carbocycles. The van der Waals surface area contributed by atoms with E-state index in [4.69, 9.17) is 4.74 Å². The number of nitrogens with zero attached hydrogens (tertiary/aromatic N) is 1. The van der Waals surface area contributed by atoms with Crippen LogP contribution in [-0.4, -0.2) is 55.1 Å². The Hall–Kier alpha value is -2.98. The van der Waals surface area contributed by atoms with Crippen molar-refractivity contribution in [2.75, 3.05) is 25.0 Å². The Morgan fingerprint density at radius 1 is 1.06 bits per heavy atom. The van der Waals surface area contributed by atoms with Crippen molar-refractivity contribution in [1.82, 2.24) is 9.29 Å². The first kappa shape index (κ1) is 24.3. The van der Waals surface area contributed by atoms with Gasteiger partial charge in [0.25, 0.3) is 5.91 Å². The van der Waals surface area contributed by atoms with E-state index >= 15 is 0 Å². The predicted octanol–water partition coefficient (Wildman–Crippen LogP) is 2.66. The molecule has 0 spiro atoms. The Labute approximate surface area is 181 Å². The maximum atomic E-state index is 12.5. The van der Waals surface area contributed by atoms with Gasteiger partial charge in [0.1, 0.15) is 5.69 Å². The highest BCUT2D eigenvalue weighted by molar-refractivity contribution is 7.89. The molecular weight excluding hydrogens is 422 g/mol. The van der Waals surface area contributed by atoms with Crippen LogP contribution in [0, 0.1) is 13.8 Å². The lowest BCUT2D eigenvalue weighted by molar-refractivity contribution is -0.119. The normalized spacial score (nSPS) is 11.4. The Morgan fingerprint density at radius 3 is 2.13 bits per heavy atom. The van der Waals surface area contributed by atoms with Crippen LogP contribution in [0.5, 0.6) is 0 Å². The number of hydrogen-bond acceptors (Lipinski definition) is 6. The van der Waals surface area contributed by atoms with E-state index < -0.39 is 28.5 Å².